The quantitative estimate of drug-likeness (QED) is 0.230. The second-order valence-corrected chi connectivity index (χ2v) is 13.5. The molecule has 0 radical (unpaired) electrons. The summed E-state index contributed by atoms with van der Waals surface area (Å²) in [6, 6.07) is 17.1. The van der Waals surface area contributed by atoms with Crippen molar-refractivity contribution in [1.82, 2.24) is 9.97 Å². The van der Waals surface area contributed by atoms with Gasteiger partial charge in [0.2, 0.25) is 11.8 Å². The third-order valence-electron chi connectivity index (χ3n) is 7.00. The molecule has 7 heteroatoms. The van der Waals surface area contributed by atoms with Crippen molar-refractivity contribution in [3.8, 4) is 17.1 Å². The lowest BCUT2D eigenvalue weighted by Crippen LogP contribution is -2.43. The van der Waals surface area contributed by atoms with Crippen molar-refractivity contribution in [2.75, 3.05) is 22.8 Å². The van der Waals surface area contributed by atoms with Crippen LogP contribution in [0, 0.1) is 19.3 Å². The fourth-order valence-electron chi connectivity index (χ4n) is 5.23. The van der Waals surface area contributed by atoms with Gasteiger partial charge in [-0.25, -0.2) is 4.98 Å². The standard InChI is InChI=1S/C32H44N4O2S/c1-22-12-10-13-23(2)29(22)27-19-28-34-30(33-27)35-39-26-15-11-14-24(18-26)36(17-9-8-16-32(6,7)37)25(21-38-28)20-31(3,4)5/h10-15,18-19,25,37H,8-9,16-17,20-21H2,1-7H3,(H,33,34,35). The molecule has 1 atom stereocenters. The molecule has 4 bridgehead atoms. The van der Waals surface area contributed by atoms with Crippen molar-refractivity contribution in [2.45, 2.75) is 90.7 Å². The Hall–Kier alpha value is -2.77. The largest absolute Gasteiger partial charge is 0.475 e. The van der Waals surface area contributed by atoms with Gasteiger partial charge in [0.25, 0.3) is 0 Å². The molecule has 3 aromatic rings. The average Bonchev–Trinajstić information content (AvgIpc) is 2.84. The number of fused-ring (bicyclic) bond motifs is 4. The fourth-order valence-corrected chi connectivity index (χ4v) is 5.86. The van der Waals surface area contributed by atoms with Crippen LogP contribution < -0.4 is 14.4 Å². The second kappa shape index (κ2) is 12.2. The van der Waals surface area contributed by atoms with Crippen LogP contribution in [0.2, 0.25) is 0 Å². The van der Waals surface area contributed by atoms with Crippen LogP contribution in [0.1, 0.15) is 71.4 Å². The van der Waals surface area contributed by atoms with Crippen molar-refractivity contribution in [1.29, 1.82) is 0 Å². The van der Waals surface area contributed by atoms with Crippen molar-refractivity contribution in [3.05, 3.63) is 59.7 Å². The highest BCUT2D eigenvalue weighted by Crippen LogP contribution is 2.34. The second-order valence-electron chi connectivity index (χ2n) is 12.6. The lowest BCUT2D eigenvalue weighted by atomic mass is 9.87. The molecular weight excluding hydrogens is 504 g/mol. The van der Waals surface area contributed by atoms with Crippen LogP contribution in [-0.2, 0) is 0 Å². The van der Waals surface area contributed by atoms with Gasteiger partial charge in [0.05, 0.1) is 17.3 Å². The molecule has 39 heavy (non-hydrogen) atoms. The van der Waals surface area contributed by atoms with Gasteiger partial charge >= 0.3 is 0 Å². The lowest BCUT2D eigenvalue weighted by molar-refractivity contribution is 0.0683. The van der Waals surface area contributed by atoms with E-state index in [1.165, 1.54) is 28.8 Å². The van der Waals surface area contributed by atoms with Gasteiger partial charge in [-0.1, -0.05) is 45.0 Å². The number of aliphatic hydroxyl groups is 1. The van der Waals surface area contributed by atoms with Gasteiger partial charge < -0.3 is 14.7 Å². The van der Waals surface area contributed by atoms with Gasteiger partial charge in [-0.2, -0.15) is 4.98 Å². The molecule has 210 valence electrons. The van der Waals surface area contributed by atoms with E-state index in [0.717, 1.165) is 48.4 Å². The normalized spacial score (nSPS) is 16.1. The van der Waals surface area contributed by atoms with Gasteiger partial charge in [0, 0.05) is 28.8 Å². The van der Waals surface area contributed by atoms with E-state index in [2.05, 4.69) is 86.7 Å². The highest BCUT2D eigenvalue weighted by atomic mass is 32.2. The van der Waals surface area contributed by atoms with Gasteiger partial charge in [-0.3, -0.25) is 4.72 Å². The monoisotopic (exact) mass is 548 g/mol. The van der Waals surface area contributed by atoms with Gasteiger partial charge in [0.15, 0.2) is 0 Å². The fraction of sp³-hybridized carbons (Fsp3) is 0.500. The van der Waals surface area contributed by atoms with E-state index in [1.807, 2.05) is 19.9 Å². The van der Waals surface area contributed by atoms with Gasteiger partial charge in [-0.05, 0) is 100 Å². The van der Waals surface area contributed by atoms with Crippen LogP contribution in [0.25, 0.3) is 11.3 Å². The minimum Gasteiger partial charge on any atom is -0.475 e. The number of benzene rings is 2. The van der Waals surface area contributed by atoms with Crippen LogP contribution in [-0.4, -0.2) is 39.9 Å². The van der Waals surface area contributed by atoms with Crippen LogP contribution in [0.5, 0.6) is 5.88 Å². The minimum absolute atomic E-state index is 0.116. The topological polar surface area (TPSA) is 70.5 Å². The number of nitrogens with zero attached hydrogens (tertiary/aromatic N) is 3. The Kier molecular flexibility index (Phi) is 9.12. The summed E-state index contributed by atoms with van der Waals surface area (Å²) in [6.45, 7) is 16.3. The predicted octanol–water partition coefficient (Wildman–Crippen LogP) is 7.82. The molecule has 0 spiro atoms. The van der Waals surface area contributed by atoms with Gasteiger partial charge in [-0.15, -0.1) is 0 Å². The number of aryl methyl sites for hydroxylation is 2. The predicted molar refractivity (Wildman–Crippen MR) is 164 cm³/mol. The number of rotatable bonds is 7. The summed E-state index contributed by atoms with van der Waals surface area (Å²) in [5, 5.41) is 10.2. The van der Waals surface area contributed by atoms with E-state index in [-0.39, 0.29) is 11.5 Å². The Morgan fingerprint density at radius 2 is 1.72 bits per heavy atom. The van der Waals surface area contributed by atoms with E-state index < -0.39 is 5.60 Å². The molecule has 4 rings (SSSR count). The minimum atomic E-state index is -0.643. The molecule has 1 aliphatic rings. The number of aromatic nitrogens is 2. The summed E-state index contributed by atoms with van der Waals surface area (Å²) in [4.78, 5) is 13.2. The highest BCUT2D eigenvalue weighted by molar-refractivity contribution is 8.00. The van der Waals surface area contributed by atoms with Gasteiger partial charge in [0.1, 0.15) is 6.61 Å². The number of hydrogen-bond acceptors (Lipinski definition) is 7. The molecule has 1 aliphatic heterocycles. The van der Waals surface area contributed by atoms with E-state index in [4.69, 9.17) is 14.7 Å². The maximum Gasteiger partial charge on any atom is 0.237 e. The zero-order valence-corrected chi connectivity index (χ0v) is 25.4. The van der Waals surface area contributed by atoms with Crippen molar-refractivity contribution in [3.63, 3.8) is 0 Å². The first kappa shape index (κ1) is 29.2. The molecule has 0 aliphatic carbocycles. The number of ether oxygens (including phenoxy) is 1. The molecule has 2 heterocycles. The molecule has 0 saturated heterocycles. The van der Waals surface area contributed by atoms with Crippen LogP contribution >= 0.6 is 11.9 Å². The Morgan fingerprint density at radius 1 is 1.00 bits per heavy atom. The third-order valence-corrected chi connectivity index (χ3v) is 7.77. The highest BCUT2D eigenvalue weighted by Gasteiger charge is 2.27. The molecule has 1 unspecified atom stereocenters. The molecule has 0 saturated carbocycles. The van der Waals surface area contributed by atoms with Crippen molar-refractivity contribution >= 4 is 23.6 Å². The Balaban J connectivity index is 1.71. The molecule has 1 aromatic heterocycles. The van der Waals surface area contributed by atoms with E-state index in [0.29, 0.717) is 18.4 Å². The lowest BCUT2D eigenvalue weighted by Gasteiger charge is -2.37. The number of hydrogen-bond donors (Lipinski definition) is 2. The van der Waals surface area contributed by atoms with E-state index in [9.17, 15) is 5.11 Å². The molecule has 0 fully saturated rings. The van der Waals surface area contributed by atoms with Crippen LogP contribution in [0.4, 0.5) is 11.6 Å². The van der Waals surface area contributed by atoms with Crippen molar-refractivity contribution in [2.24, 2.45) is 5.41 Å². The molecular formula is C32H44N4O2S. The Morgan fingerprint density at radius 3 is 2.41 bits per heavy atom. The summed E-state index contributed by atoms with van der Waals surface area (Å²) in [6.07, 6.45) is 3.71. The van der Waals surface area contributed by atoms with E-state index >= 15 is 0 Å². The summed E-state index contributed by atoms with van der Waals surface area (Å²) >= 11 is 1.52. The zero-order chi connectivity index (χ0) is 28.2. The van der Waals surface area contributed by atoms with Crippen LogP contribution in [0.15, 0.2) is 53.4 Å². The zero-order valence-electron chi connectivity index (χ0n) is 24.5. The third kappa shape index (κ3) is 8.36. The number of nitrogens with one attached hydrogen (secondary N) is 1. The summed E-state index contributed by atoms with van der Waals surface area (Å²) < 4.78 is 9.86. The summed E-state index contributed by atoms with van der Waals surface area (Å²) in [5.41, 5.74) is 4.99. The Bertz CT molecular complexity index is 1250. The smallest absolute Gasteiger partial charge is 0.237 e. The maximum atomic E-state index is 10.2. The SMILES string of the molecule is Cc1cccc(C)c1-c1cc2nc(n1)NSc1cccc(c1)N(CCCCC(C)(C)O)C(CC(C)(C)C)CO2. The Labute approximate surface area is 238 Å². The summed E-state index contributed by atoms with van der Waals surface area (Å²) in [7, 11) is 0. The first-order chi connectivity index (χ1) is 18.4. The summed E-state index contributed by atoms with van der Waals surface area (Å²) in [5.74, 6) is 1.12. The van der Waals surface area contributed by atoms with Crippen molar-refractivity contribution < 1.29 is 9.84 Å². The first-order valence-corrected chi connectivity index (χ1v) is 14.8. The number of anilines is 2. The molecule has 6 nitrogen and oxygen atoms in total. The molecule has 2 N–H and O–H groups in total. The average molecular weight is 549 g/mol. The molecule has 0 amide bonds. The maximum absolute atomic E-state index is 10.2. The number of unbranched alkanes of at least 4 members (excludes halogenated alkanes) is 1. The van der Waals surface area contributed by atoms with E-state index in [1.54, 1.807) is 0 Å². The first-order valence-electron chi connectivity index (χ1n) is 14.0. The molecule has 2 aromatic carbocycles. The van der Waals surface area contributed by atoms with Crippen LogP contribution in [0.3, 0.4) is 0 Å².